The molecule has 7 nitrogen and oxygen atoms in total. The molecule has 0 aliphatic carbocycles. The van der Waals surface area contributed by atoms with Gasteiger partial charge < -0.3 is 20.3 Å². The highest BCUT2D eigenvalue weighted by atomic mass is 16.5. The van der Waals surface area contributed by atoms with Gasteiger partial charge in [0.05, 0.1) is 16.6 Å². The third kappa shape index (κ3) is 6.70. The first kappa shape index (κ1) is 25.8. The van der Waals surface area contributed by atoms with Crippen LogP contribution in [-0.4, -0.2) is 46.0 Å². The predicted octanol–water partition coefficient (Wildman–Crippen LogP) is 4.82. The molecule has 0 bridgehead atoms. The van der Waals surface area contributed by atoms with E-state index in [1.54, 1.807) is 30.3 Å². The first-order valence-electron chi connectivity index (χ1n) is 12.0. The Hall–Kier alpha value is -4.25. The highest BCUT2D eigenvalue weighted by molar-refractivity contribution is 5.88. The highest BCUT2D eigenvalue weighted by Crippen LogP contribution is 2.27. The van der Waals surface area contributed by atoms with Crippen molar-refractivity contribution in [3.8, 4) is 22.9 Å². The van der Waals surface area contributed by atoms with E-state index in [4.69, 9.17) is 14.8 Å². The second kappa shape index (κ2) is 11.2. The van der Waals surface area contributed by atoms with Crippen molar-refractivity contribution >= 4 is 16.9 Å². The van der Waals surface area contributed by atoms with Gasteiger partial charge in [-0.3, -0.25) is 4.98 Å². The molecule has 4 rings (SSSR count). The van der Waals surface area contributed by atoms with Crippen LogP contribution < -0.4 is 10.1 Å². The molecule has 7 heteroatoms. The Bertz CT molecular complexity index is 1440. The number of nitrogens with zero attached hydrogens (tertiary/aromatic N) is 2. The fourth-order valence-corrected chi connectivity index (χ4v) is 4.08. The number of nitrogens with one attached hydrogen (secondary N) is 1. The van der Waals surface area contributed by atoms with Crippen molar-refractivity contribution in [2.45, 2.75) is 31.9 Å². The van der Waals surface area contributed by atoms with Crippen LogP contribution in [0.15, 0.2) is 78.9 Å². The number of benzene rings is 3. The van der Waals surface area contributed by atoms with Crippen LogP contribution in [0, 0.1) is 11.3 Å². The molecule has 188 valence electrons. The van der Waals surface area contributed by atoms with E-state index in [0.717, 1.165) is 27.7 Å². The predicted molar refractivity (Wildman–Crippen MR) is 143 cm³/mol. The summed E-state index contributed by atoms with van der Waals surface area (Å²) in [6, 6.07) is 25.8. The molecule has 0 saturated carbocycles. The lowest BCUT2D eigenvalue weighted by Gasteiger charge is -2.27. The summed E-state index contributed by atoms with van der Waals surface area (Å²) >= 11 is 0. The minimum absolute atomic E-state index is 0.00733. The molecule has 0 radical (unpaired) electrons. The number of carboxylic acids is 1. The van der Waals surface area contributed by atoms with Gasteiger partial charge in [-0.1, -0.05) is 42.5 Å². The Kier molecular flexibility index (Phi) is 7.83. The molecular formula is C30H29N3O4. The van der Waals surface area contributed by atoms with Crippen LogP contribution in [0.5, 0.6) is 5.75 Å². The molecule has 0 saturated heterocycles. The molecule has 0 spiro atoms. The standard InChI is InChI=1S/C30H29N3O4/c1-30(2,16-25-14-13-21-5-3-4-6-27(21)33-25)32-18-26(34)19-37-28-15-23(11-12-24(28)17-31)20-7-9-22(10-8-20)29(35)36/h3-15,26,32,34H,16,18-19H2,1-2H3,(H,35,36)/t26-/m1/s1. The Morgan fingerprint density at radius 1 is 1.05 bits per heavy atom. The molecule has 1 atom stereocenters. The molecule has 0 aliphatic rings. The lowest BCUT2D eigenvalue weighted by molar-refractivity contribution is 0.0697. The zero-order valence-corrected chi connectivity index (χ0v) is 20.8. The van der Waals surface area contributed by atoms with E-state index in [1.165, 1.54) is 12.1 Å². The number of fused-ring (bicyclic) bond motifs is 1. The topological polar surface area (TPSA) is 115 Å². The third-order valence-corrected chi connectivity index (χ3v) is 6.09. The number of pyridine rings is 1. The number of carboxylic acid groups (broad SMARTS) is 1. The van der Waals surface area contributed by atoms with Gasteiger partial charge in [0.15, 0.2) is 0 Å². The van der Waals surface area contributed by atoms with E-state index in [-0.39, 0.29) is 17.7 Å². The summed E-state index contributed by atoms with van der Waals surface area (Å²) < 4.78 is 5.83. The number of hydrogen-bond donors (Lipinski definition) is 3. The van der Waals surface area contributed by atoms with Crippen molar-refractivity contribution in [1.82, 2.24) is 10.3 Å². The second-order valence-corrected chi connectivity index (χ2v) is 9.61. The van der Waals surface area contributed by atoms with E-state index in [2.05, 4.69) is 31.3 Å². The minimum atomic E-state index is -0.991. The van der Waals surface area contributed by atoms with E-state index >= 15 is 0 Å². The molecule has 4 aromatic rings. The van der Waals surface area contributed by atoms with Crippen molar-refractivity contribution in [2.24, 2.45) is 0 Å². The number of ether oxygens (including phenoxy) is 1. The number of para-hydroxylation sites is 1. The largest absolute Gasteiger partial charge is 0.489 e. The fourth-order valence-electron chi connectivity index (χ4n) is 4.08. The number of hydrogen-bond acceptors (Lipinski definition) is 6. The summed E-state index contributed by atoms with van der Waals surface area (Å²) in [5, 5.41) is 33.6. The van der Waals surface area contributed by atoms with Gasteiger partial charge in [-0.15, -0.1) is 0 Å². The Labute approximate surface area is 216 Å². The van der Waals surface area contributed by atoms with Crippen LogP contribution in [0.4, 0.5) is 0 Å². The SMILES string of the molecule is CC(C)(Cc1ccc2ccccc2n1)NC[C@@H](O)COc1cc(-c2ccc(C(=O)O)cc2)ccc1C#N. The number of carbonyl (C=O) groups is 1. The van der Waals surface area contributed by atoms with E-state index in [9.17, 15) is 15.2 Å². The average Bonchev–Trinajstić information content (AvgIpc) is 2.90. The molecule has 3 aromatic carbocycles. The van der Waals surface area contributed by atoms with Gasteiger partial charge in [-0.25, -0.2) is 4.79 Å². The number of aromatic carboxylic acids is 1. The van der Waals surface area contributed by atoms with Crippen LogP contribution in [0.25, 0.3) is 22.0 Å². The molecule has 0 unspecified atom stereocenters. The normalized spacial score (nSPS) is 12.2. The third-order valence-electron chi connectivity index (χ3n) is 6.09. The molecular weight excluding hydrogens is 466 g/mol. The Morgan fingerprint density at radius 3 is 2.51 bits per heavy atom. The Balaban J connectivity index is 1.35. The monoisotopic (exact) mass is 495 g/mol. The Morgan fingerprint density at radius 2 is 1.78 bits per heavy atom. The maximum atomic E-state index is 11.1. The van der Waals surface area contributed by atoms with Gasteiger partial charge >= 0.3 is 5.97 Å². The lowest BCUT2D eigenvalue weighted by Crippen LogP contribution is -2.46. The summed E-state index contributed by atoms with van der Waals surface area (Å²) in [5.41, 5.74) is 3.74. The summed E-state index contributed by atoms with van der Waals surface area (Å²) in [4.78, 5) is 15.8. The maximum Gasteiger partial charge on any atom is 0.335 e. The molecule has 1 heterocycles. The molecule has 3 N–H and O–H groups in total. The quantitative estimate of drug-likeness (QED) is 0.289. The van der Waals surface area contributed by atoms with Crippen LogP contribution >= 0.6 is 0 Å². The number of aromatic nitrogens is 1. The van der Waals surface area contributed by atoms with Crippen LogP contribution in [-0.2, 0) is 6.42 Å². The number of nitriles is 1. The van der Waals surface area contributed by atoms with Crippen LogP contribution in [0.2, 0.25) is 0 Å². The molecule has 0 aliphatic heterocycles. The van der Waals surface area contributed by atoms with Crippen molar-refractivity contribution < 1.29 is 19.7 Å². The number of aliphatic hydroxyl groups excluding tert-OH is 1. The summed E-state index contributed by atoms with van der Waals surface area (Å²) in [6.45, 7) is 4.43. The zero-order chi connectivity index (χ0) is 26.4. The van der Waals surface area contributed by atoms with Crippen LogP contribution in [0.1, 0.15) is 35.5 Å². The first-order valence-corrected chi connectivity index (χ1v) is 12.0. The maximum absolute atomic E-state index is 11.1. The van der Waals surface area contributed by atoms with E-state index in [0.29, 0.717) is 24.3 Å². The zero-order valence-electron chi connectivity index (χ0n) is 20.8. The van der Waals surface area contributed by atoms with Gasteiger partial charge in [0.1, 0.15) is 24.5 Å². The summed E-state index contributed by atoms with van der Waals surface area (Å²) in [5.74, 6) is -0.629. The van der Waals surface area contributed by atoms with Crippen LogP contribution in [0.3, 0.4) is 0 Å². The molecule has 37 heavy (non-hydrogen) atoms. The van der Waals surface area contributed by atoms with Gasteiger partial charge in [0.25, 0.3) is 0 Å². The number of β-amino-alcohol motifs (C(OH)–C–C–N with tert-alkyl or cyclic N) is 1. The van der Waals surface area contributed by atoms with E-state index in [1.807, 2.05) is 30.3 Å². The van der Waals surface area contributed by atoms with Gasteiger partial charge in [-0.2, -0.15) is 5.26 Å². The average molecular weight is 496 g/mol. The van der Waals surface area contributed by atoms with Gasteiger partial charge in [0.2, 0.25) is 0 Å². The van der Waals surface area contributed by atoms with Crippen molar-refractivity contribution in [3.63, 3.8) is 0 Å². The molecule has 0 amide bonds. The first-order chi connectivity index (χ1) is 17.7. The van der Waals surface area contributed by atoms with Crippen molar-refractivity contribution in [3.05, 3.63) is 95.7 Å². The van der Waals surface area contributed by atoms with Gasteiger partial charge in [-0.05, 0) is 61.4 Å². The fraction of sp³-hybridized carbons (Fsp3) is 0.233. The van der Waals surface area contributed by atoms with Crippen molar-refractivity contribution in [1.29, 1.82) is 5.26 Å². The van der Waals surface area contributed by atoms with Gasteiger partial charge in [0, 0.05) is 29.6 Å². The smallest absolute Gasteiger partial charge is 0.335 e. The number of aliphatic hydroxyl groups is 1. The number of rotatable bonds is 10. The summed E-state index contributed by atoms with van der Waals surface area (Å²) in [7, 11) is 0. The van der Waals surface area contributed by atoms with E-state index < -0.39 is 12.1 Å². The highest BCUT2D eigenvalue weighted by Gasteiger charge is 2.21. The molecule has 1 aromatic heterocycles. The lowest BCUT2D eigenvalue weighted by atomic mass is 9.97. The molecule has 0 fully saturated rings. The minimum Gasteiger partial charge on any atom is -0.489 e. The second-order valence-electron chi connectivity index (χ2n) is 9.61. The summed E-state index contributed by atoms with van der Waals surface area (Å²) in [6.07, 6.45) is -0.110. The van der Waals surface area contributed by atoms with Crippen molar-refractivity contribution in [2.75, 3.05) is 13.2 Å².